The Labute approximate surface area is 411 Å². The number of methoxy groups -OCH3 is 4. The fourth-order valence-electron chi connectivity index (χ4n) is 8.50. The van der Waals surface area contributed by atoms with Crippen LogP contribution in [0.5, 0.6) is 23.0 Å². The molecule has 18 heteroatoms. The molecule has 0 saturated heterocycles. The molecular formula is C51H62ClN7O8S2. The number of nitrogens with zero attached hydrogens (tertiary/aromatic N) is 4. The lowest BCUT2D eigenvalue weighted by Crippen LogP contribution is -2.39. The molecule has 0 radical (unpaired) electrons. The number of hydrogen-bond acceptors (Lipinski definition) is 13. The van der Waals surface area contributed by atoms with Crippen LogP contribution in [0.3, 0.4) is 0 Å². The molecule has 2 heterocycles. The molecule has 69 heavy (non-hydrogen) atoms. The molecule has 2 saturated carbocycles. The molecule has 2 aromatic heterocycles. The third kappa shape index (κ3) is 16.3. The van der Waals surface area contributed by atoms with E-state index in [1.165, 1.54) is 19.9 Å². The highest BCUT2D eigenvalue weighted by Gasteiger charge is 2.22. The lowest BCUT2D eigenvalue weighted by atomic mass is 9.91. The monoisotopic (exact) mass is 999 g/mol. The minimum Gasteiger partial charge on any atom is -0.496 e. The number of halogens is 1. The van der Waals surface area contributed by atoms with Gasteiger partial charge in [-0.3, -0.25) is 4.72 Å². The third-order valence-electron chi connectivity index (χ3n) is 11.9. The first-order valence-corrected chi connectivity index (χ1v) is 26.9. The molecule has 0 aliphatic heterocycles. The largest absolute Gasteiger partial charge is 0.496 e. The quantitative estimate of drug-likeness (QED) is 0.0610. The topological polar surface area (TPSA) is 207 Å². The van der Waals surface area contributed by atoms with Crippen LogP contribution >= 0.6 is 10.7 Å². The Kier molecular flexibility index (Phi) is 19.4. The lowest BCUT2D eigenvalue weighted by Gasteiger charge is -2.23. The molecule has 4 aromatic carbocycles. The zero-order valence-corrected chi connectivity index (χ0v) is 42.0. The van der Waals surface area contributed by atoms with Crippen LogP contribution in [-0.4, -0.2) is 77.0 Å². The molecule has 368 valence electrons. The highest BCUT2D eigenvalue weighted by Crippen LogP contribution is 2.32. The first kappa shape index (κ1) is 52.4. The van der Waals surface area contributed by atoms with E-state index in [0.717, 1.165) is 114 Å². The summed E-state index contributed by atoms with van der Waals surface area (Å²) in [6, 6.07) is 30.5. The number of benzene rings is 4. The number of para-hydroxylation sites is 2. The molecule has 0 unspecified atom stereocenters. The fraction of sp³-hybridized carbons (Fsp3) is 0.373. The zero-order valence-electron chi connectivity index (χ0n) is 39.6. The van der Waals surface area contributed by atoms with Crippen molar-refractivity contribution in [2.24, 2.45) is 5.92 Å². The second-order valence-electron chi connectivity index (χ2n) is 16.9. The maximum Gasteiger partial charge on any atom is 0.299 e. The number of nitrogen functional groups attached to an aromatic ring is 1. The van der Waals surface area contributed by atoms with Gasteiger partial charge in [0.25, 0.3) is 10.2 Å². The molecule has 2 aliphatic carbocycles. The molecule has 0 amide bonds. The second-order valence-corrected chi connectivity index (χ2v) is 21.2. The standard InChI is InChI=1S/C25H30N4O4S.C19H19N3O2.C7H13ClO2S/c1-32-24-11-7-6-10-21(24)22-16-20(26-17-27-22)14-18-12-13-25(33-2)23(15-18)29-34(30,31)28-19-8-4-3-5-9-19;1-23-18-6-4-3-5-15(18)17-11-14(21-12-22-17)9-13-7-8-19(24-2)16(20)10-13;8-11(9,10)6-7-4-2-1-3-5-7/h6-7,10-13,15-17,19,28-29H,3-5,8-9,14H2,1-2H3;3-8,10-12H,9,20H2,1-2H3;7H,1-6H2. The minimum atomic E-state index is -3.73. The van der Waals surface area contributed by atoms with Gasteiger partial charge in [-0.15, -0.1) is 0 Å². The maximum absolute atomic E-state index is 12.8. The first-order chi connectivity index (χ1) is 33.3. The summed E-state index contributed by atoms with van der Waals surface area (Å²) in [6.45, 7) is 0. The Hall–Kier alpha value is -6.01. The van der Waals surface area contributed by atoms with Gasteiger partial charge in [0.1, 0.15) is 35.7 Å². The van der Waals surface area contributed by atoms with Gasteiger partial charge in [0.15, 0.2) is 0 Å². The van der Waals surface area contributed by atoms with E-state index in [1.807, 2.05) is 84.9 Å². The van der Waals surface area contributed by atoms with Gasteiger partial charge >= 0.3 is 0 Å². The van der Waals surface area contributed by atoms with Gasteiger partial charge in [-0.25, -0.2) is 28.4 Å². The number of nitrogens with one attached hydrogen (secondary N) is 2. The fourth-order valence-corrected chi connectivity index (χ4v) is 11.1. The number of anilines is 2. The van der Waals surface area contributed by atoms with Crippen molar-refractivity contribution in [1.29, 1.82) is 0 Å². The predicted octanol–water partition coefficient (Wildman–Crippen LogP) is 9.80. The van der Waals surface area contributed by atoms with Crippen molar-refractivity contribution < 1.29 is 35.8 Å². The van der Waals surface area contributed by atoms with E-state index in [-0.39, 0.29) is 11.8 Å². The van der Waals surface area contributed by atoms with E-state index in [0.29, 0.717) is 41.6 Å². The average molecular weight is 1000 g/mol. The van der Waals surface area contributed by atoms with E-state index >= 15 is 0 Å². The summed E-state index contributed by atoms with van der Waals surface area (Å²) in [5.74, 6) is 3.15. The summed E-state index contributed by atoms with van der Waals surface area (Å²) in [4.78, 5) is 17.5. The van der Waals surface area contributed by atoms with Gasteiger partial charge in [0.05, 0.1) is 57.0 Å². The average Bonchev–Trinajstić information content (AvgIpc) is 3.34. The summed E-state index contributed by atoms with van der Waals surface area (Å²) in [5.41, 5.74) is 14.1. The van der Waals surface area contributed by atoms with Crippen molar-refractivity contribution in [2.75, 3.05) is 44.6 Å². The number of aromatic nitrogens is 4. The Balaban J connectivity index is 0.000000193. The van der Waals surface area contributed by atoms with Crippen LogP contribution in [0.4, 0.5) is 11.4 Å². The van der Waals surface area contributed by atoms with E-state index < -0.39 is 19.3 Å². The summed E-state index contributed by atoms with van der Waals surface area (Å²) < 4.78 is 73.7. The lowest BCUT2D eigenvalue weighted by molar-refractivity contribution is 0.386. The zero-order chi connectivity index (χ0) is 49.2. The molecule has 8 rings (SSSR count). The maximum atomic E-state index is 12.8. The highest BCUT2D eigenvalue weighted by molar-refractivity contribution is 8.13. The Bertz CT molecular complexity index is 2830. The molecule has 0 atom stereocenters. The summed E-state index contributed by atoms with van der Waals surface area (Å²) in [7, 11) is 4.57. The molecule has 15 nitrogen and oxygen atoms in total. The molecule has 2 fully saturated rings. The van der Waals surface area contributed by atoms with Crippen molar-refractivity contribution in [1.82, 2.24) is 24.7 Å². The minimum absolute atomic E-state index is 0.0326. The number of rotatable bonds is 16. The molecule has 0 spiro atoms. The Morgan fingerprint density at radius 3 is 1.55 bits per heavy atom. The van der Waals surface area contributed by atoms with E-state index in [9.17, 15) is 16.8 Å². The van der Waals surface area contributed by atoms with Crippen LogP contribution in [0.2, 0.25) is 0 Å². The van der Waals surface area contributed by atoms with Crippen LogP contribution in [0.1, 0.15) is 86.7 Å². The number of ether oxygens (including phenoxy) is 4. The van der Waals surface area contributed by atoms with Crippen LogP contribution < -0.4 is 34.1 Å². The predicted molar refractivity (Wildman–Crippen MR) is 273 cm³/mol. The van der Waals surface area contributed by atoms with Crippen LogP contribution in [-0.2, 0) is 32.1 Å². The summed E-state index contributed by atoms with van der Waals surface area (Å²) in [6.07, 6.45) is 14.9. The van der Waals surface area contributed by atoms with Gasteiger partial charge in [0, 0.05) is 52.1 Å². The van der Waals surface area contributed by atoms with E-state index in [2.05, 4.69) is 29.4 Å². The second kappa shape index (κ2) is 25.6. The van der Waals surface area contributed by atoms with Gasteiger partial charge < -0.3 is 24.7 Å². The van der Waals surface area contributed by atoms with Gasteiger partial charge in [-0.2, -0.15) is 13.1 Å². The van der Waals surface area contributed by atoms with Crippen LogP contribution in [0, 0.1) is 5.92 Å². The van der Waals surface area contributed by atoms with Gasteiger partial charge in [-0.1, -0.05) is 74.9 Å². The van der Waals surface area contributed by atoms with Gasteiger partial charge in [0.2, 0.25) is 9.05 Å². The number of nitrogens with two attached hydrogens (primary N) is 1. The molecule has 2 aliphatic rings. The smallest absolute Gasteiger partial charge is 0.299 e. The Morgan fingerprint density at radius 2 is 1.06 bits per heavy atom. The van der Waals surface area contributed by atoms with Crippen molar-refractivity contribution in [3.05, 3.63) is 132 Å². The van der Waals surface area contributed by atoms with Crippen molar-refractivity contribution >= 4 is 41.3 Å². The van der Waals surface area contributed by atoms with Crippen LogP contribution in [0.15, 0.2) is 110 Å². The first-order valence-electron chi connectivity index (χ1n) is 23.0. The summed E-state index contributed by atoms with van der Waals surface area (Å²) in [5, 5.41) is 0. The van der Waals surface area contributed by atoms with Crippen molar-refractivity contribution in [3.63, 3.8) is 0 Å². The van der Waals surface area contributed by atoms with E-state index in [1.54, 1.807) is 39.8 Å². The van der Waals surface area contributed by atoms with Crippen molar-refractivity contribution in [3.8, 4) is 45.5 Å². The molecular weight excluding hydrogens is 938 g/mol. The van der Waals surface area contributed by atoms with Crippen molar-refractivity contribution in [2.45, 2.75) is 83.1 Å². The Morgan fingerprint density at radius 1 is 0.580 bits per heavy atom. The van der Waals surface area contributed by atoms with Crippen LogP contribution in [0.25, 0.3) is 22.5 Å². The third-order valence-corrected chi connectivity index (χ3v) is 14.3. The molecule has 0 bridgehead atoms. The SMILES string of the molecule is COc1ccc(Cc2cc(-c3ccccc3OC)ncn2)cc1N.COc1ccc(Cc2cc(-c3ccccc3OC)ncn2)cc1NS(=O)(=O)NC1CCCCC1.O=S(=O)(Cl)CC1CCCCC1. The number of hydrogen-bond donors (Lipinski definition) is 3. The normalized spacial score (nSPS) is 14.3. The molecule has 4 N–H and O–H groups in total. The van der Waals surface area contributed by atoms with E-state index in [4.69, 9.17) is 35.4 Å². The summed E-state index contributed by atoms with van der Waals surface area (Å²) >= 11 is 0. The molecule has 6 aromatic rings. The van der Waals surface area contributed by atoms with Gasteiger partial charge in [-0.05, 0) is 103 Å². The highest BCUT2D eigenvalue weighted by atomic mass is 35.7.